The molecule has 1 aromatic heterocycles. The van der Waals surface area contributed by atoms with E-state index in [2.05, 4.69) is 14.7 Å². The van der Waals surface area contributed by atoms with Gasteiger partial charge in [0.15, 0.2) is 11.5 Å². The fourth-order valence-electron chi connectivity index (χ4n) is 3.03. The van der Waals surface area contributed by atoms with Gasteiger partial charge >= 0.3 is 0 Å². The Bertz CT molecular complexity index is 1430. The number of hydrogen-bond donors (Lipinski definition) is 1. The lowest BCUT2D eigenvalue weighted by atomic mass is 10.1. The molecule has 0 saturated heterocycles. The number of nitrogens with one attached hydrogen (secondary N) is 1. The van der Waals surface area contributed by atoms with Crippen LogP contribution in [0.2, 0.25) is 0 Å². The highest BCUT2D eigenvalue weighted by Crippen LogP contribution is 2.39. The van der Waals surface area contributed by atoms with Crippen LogP contribution in [0, 0.1) is 18.3 Å². The molecule has 0 radical (unpaired) electrons. The number of nitrogens with zero attached hydrogens (tertiary/aromatic N) is 3. The quantitative estimate of drug-likeness (QED) is 0.216. The van der Waals surface area contributed by atoms with Crippen molar-refractivity contribution in [1.29, 1.82) is 5.26 Å². The van der Waals surface area contributed by atoms with Gasteiger partial charge in [-0.05, 0) is 48.4 Å². The second kappa shape index (κ2) is 12.2. The van der Waals surface area contributed by atoms with Crippen LogP contribution in [0.4, 0.5) is 5.13 Å². The van der Waals surface area contributed by atoms with E-state index in [1.54, 1.807) is 12.1 Å². The monoisotopic (exact) mass is 544 g/mol. The molecule has 0 unspecified atom stereocenters. The summed E-state index contributed by atoms with van der Waals surface area (Å²) in [5.74, 6) is 0.915. The number of carbonyl (C=O) groups excluding carboxylic acids is 1. The predicted octanol–water partition coefficient (Wildman–Crippen LogP) is 3.27. The van der Waals surface area contributed by atoms with Gasteiger partial charge in [0, 0.05) is 17.8 Å². The third kappa shape index (κ3) is 7.42. The van der Waals surface area contributed by atoms with Crippen LogP contribution < -0.4 is 24.3 Å². The minimum atomic E-state index is -3.63. The SMILES string of the molecule is COc1cc(/C=C(/C#N)C(=O)Nc2nc(S(C)(=O)=O)ns2)cc(OC)c1OCCOc1cccc(C)c1. The van der Waals surface area contributed by atoms with Crippen molar-refractivity contribution in [2.24, 2.45) is 0 Å². The Hall–Kier alpha value is -4.15. The van der Waals surface area contributed by atoms with Crippen molar-refractivity contribution in [2.75, 3.05) is 39.0 Å². The van der Waals surface area contributed by atoms with E-state index in [4.69, 9.17) is 18.9 Å². The third-order valence-electron chi connectivity index (χ3n) is 4.71. The van der Waals surface area contributed by atoms with Crippen LogP contribution in [0.1, 0.15) is 11.1 Å². The average Bonchev–Trinajstić information content (AvgIpc) is 3.34. The van der Waals surface area contributed by atoms with E-state index < -0.39 is 20.9 Å². The molecule has 1 amide bonds. The first-order valence-electron chi connectivity index (χ1n) is 10.7. The first-order chi connectivity index (χ1) is 17.6. The van der Waals surface area contributed by atoms with Crippen LogP contribution >= 0.6 is 11.5 Å². The number of aryl methyl sites for hydroxylation is 1. The first-order valence-corrected chi connectivity index (χ1v) is 13.4. The van der Waals surface area contributed by atoms with Gasteiger partial charge in [0.25, 0.3) is 11.1 Å². The van der Waals surface area contributed by atoms with Crippen molar-refractivity contribution in [3.05, 3.63) is 53.1 Å². The fourth-order valence-corrected chi connectivity index (χ4v) is 4.46. The van der Waals surface area contributed by atoms with Crippen molar-refractivity contribution >= 4 is 38.5 Å². The number of anilines is 1. The van der Waals surface area contributed by atoms with Crippen molar-refractivity contribution in [3.63, 3.8) is 0 Å². The van der Waals surface area contributed by atoms with Crippen LogP contribution in [-0.2, 0) is 14.6 Å². The molecule has 0 saturated carbocycles. The van der Waals surface area contributed by atoms with Crippen LogP contribution in [0.3, 0.4) is 0 Å². The van der Waals surface area contributed by atoms with E-state index in [-0.39, 0.29) is 23.9 Å². The normalized spacial score (nSPS) is 11.4. The second-order valence-electron chi connectivity index (χ2n) is 7.55. The van der Waals surface area contributed by atoms with Crippen molar-refractivity contribution in [3.8, 4) is 29.1 Å². The minimum Gasteiger partial charge on any atom is -0.493 e. The van der Waals surface area contributed by atoms with Crippen LogP contribution in [0.5, 0.6) is 23.0 Å². The van der Waals surface area contributed by atoms with Crippen molar-refractivity contribution < 1.29 is 32.2 Å². The highest BCUT2D eigenvalue weighted by atomic mass is 32.2. The summed E-state index contributed by atoms with van der Waals surface area (Å²) in [4.78, 5) is 16.3. The Morgan fingerprint density at radius 3 is 2.38 bits per heavy atom. The van der Waals surface area contributed by atoms with E-state index >= 15 is 0 Å². The fraction of sp³-hybridized carbons (Fsp3) is 0.250. The van der Waals surface area contributed by atoms with Crippen molar-refractivity contribution in [2.45, 2.75) is 12.1 Å². The predicted molar refractivity (Wildman–Crippen MR) is 137 cm³/mol. The number of carbonyl (C=O) groups is 1. The Kier molecular flexibility index (Phi) is 9.05. The Balaban J connectivity index is 1.75. The van der Waals surface area contributed by atoms with E-state index in [0.717, 1.165) is 17.6 Å². The molecule has 1 N–H and O–H groups in total. The highest BCUT2D eigenvalue weighted by Gasteiger charge is 2.19. The Labute approximate surface area is 218 Å². The number of ether oxygens (including phenoxy) is 4. The minimum absolute atomic E-state index is 0.0571. The molecular formula is C24H24N4O7S2. The number of sulfone groups is 1. The largest absolute Gasteiger partial charge is 0.493 e. The summed E-state index contributed by atoms with van der Waals surface area (Å²) < 4.78 is 49.2. The zero-order valence-electron chi connectivity index (χ0n) is 20.5. The van der Waals surface area contributed by atoms with Crippen LogP contribution in [0.15, 0.2) is 47.1 Å². The zero-order chi connectivity index (χ0) is 27.0. The molecule has 3 aromatic rings. The standard InChI is InChI=1S/C24H24N4O7S2/c1-15-6-5-7-18(10-15)34-8-9-35-21-19(32-2)12-16(13-20(21)33-3)11-17(14-25)22(29)26-23-27-24(28-36-23)37(4,30)31/h5-7,10-13H,8-9H2,1-4H3,(H,26,27,28,29)/b17-11-. The number of nitriles is 1. The molecule has 0 atom stereocenters. The summed E-state index contributed by atoms with van der Waals surface area (Å²) in [6.45, 7) is 2.46. The maximum atomic E-state index is 12.6. The van der Waals surface area contributed by atoms with Gasteiger partial charge in [-0.3, -0.25) is 10.1 Å². The summed E-state index contributed by atoms with van der Waals surface area (Å²) in [7, 11) is -0.727. The molecule has 13 heteroatoms. The van der Waals surface area contributed by atoms with Gasteiger partial charge in [-0.15, -0.1) is 0 Å². The summed E-state index contributed by atoms with van der Waals surface area (Å²) in [5, 5.41) is 11.4. The molecule has 0 aliphatic carbocycles. The van der Waals surface area contributed by atoms with E-state index in [1.807, 2.05) is 37.3 Å². The molecule has 3 rings (SSSR count). The Morgan fingerprint density at radius 1 is 1.14 bits per heavy atom. The van der Waals surface area contributed by atoms with Gasteiger partial charge in [-0.1, -0.05) is 12.1 Å². The van der Waals surface area contributed by atoms with Crippen molar-refractivity contribution in [1.82, 2.24) is 9.36 Å². The van der Waals surface area contributed by atoms with Crippen LogP contribution in [-0.4, -0.2) is 57.4 Å². The number of rotatable bonds is 11. The summed E-state index contributed by atoms with van der Waals surface area (Å²) >= 11 is 0.686. The van der Waals surface area contributed by atoms with E-state index in [0.29, 0.717) is 34.3 Å². The molecular weight excluding hydrogens is 520 g/mol. The molecule has 194 valence electrons. The molecule has 1 heterocycles. The maximum absolute atomic E-state index is 12.6. The Morgan fingerprint density at radius 2 is 1.81 bits per heavy atom. The molecule has 0 spiro atoms. The number of aromatic nitrogens is 2. The summed E-state index contributed by atoms with van der Waals surface area (Å²) in [5.41, 5.74) is 1.25. The molecule has 11 nitrogen and oxygen atoms in total. The van der Waals surface area contributed by atoms with Gasteiger partial charge in [-0.2, -0.15) is 14.6 Å². The van der Waals surface area contributed by atoms with Gasteiger partial charge in [0.2, 0.25) is 20.7 Å². The lowest BCUT2D eigenvalue weighted by Crippen LogP contribution is -2.13. The van der Waals surface area contributed by atoms with Crippen LogP contribution in [0.25, 0.3) is 6.08 Å². The highest BCUT2D eigenvalue weighted by molar-refractivity contribution is 7.90. The van der Waals surface area contributed by atoms with Gasteiger partial charge < -0.3 is 18.9 Å². The molecule has 0 fully saturated rings. The summed E-state index contributed by atoms with van der Waals surface area (Å²) in [6.07, 6.45) is 2.27. The number of methoxy groups -OCH3 is 2. The maximum Gasteiger partial charge on any atom is 0.268 e. The molecule has 0 aliphatic heterocycles. The molecule has 0 bridgehead atoms. The smallest absolute Gasteiger partial charge is 0.268 e. The number of hydrogen-bond acceptors (Lipinski definition) is 11. The van der Waals surface area contributed by atoms with E-state index in [9.17, 15) is 18.5 Å². The first kappa shape index (κ1) is 27.4. The lowest BCUT2D eigenvalue weighted by Gasteiger charge is -2.16. The molecule has 2 aromatic carbocycles. The topological polar surface area (TPSA) is 150 Å². The average molecular weight is 545 g/mol. The zero-order valence-corrected chi connectivity index (χ0v) is 22.1. The summed E-state index contributed by atoms with van der Waals surface area (Å²) in [6, 6.07) is 12.6. The molecule has 37 heavy (non-hydrogen) atoms. The van der Waals surface area contributed by atoms with Gasteiger partial charge in [-0.25, -0.2) is 8.42 Å². The van der Waals surface area contributed by atoms with Gasteiger partial charge in [0.1, 0.15) is 30.6 Å². The second-order valence-corrected chi connectivity index (χ2v) is 10.2. The molecule has 0 aliphatic rings. The third-order valence-corrected chi connectivity index (χ3v) is 6.30. The lowest BCUT2D eigenvalue weighted by molar-refractivity contribution is -0.112. The number of amides is 1. The van der Waals surface area contributed by atoms with Gasteiger partial charge in [0.05, 0.1) is 14.2 Å². The number of benzene rings is 2. The van der Waals surface area contributed by atoms with E-state index in [1.165, 1.54) is 20.3 Å².